The molecule has 0 radical (unpaired) electrons. The van der Waals surface area contributed by atoms with Crippen molar-refractivity contribution in [3.05, 3.63) is 0 Å². The zero-order chi connectivity index (χ0) is 12.7. The molecule has 0 rings (SSSR count). The number of aliphatic carboxylic acids is 1. The molecule has 0 aromatic carbocycles. The van der Waals surface area contributed by atoms with E-state index in [1.54, 1.807) is 20.9 Å². The Kier molecular flexibility index (Phi) is 6.48. The summed E-state index contributed by atoms with van der Waals surface area (Å²) in [6.45, 7) is 3.75. The molecule has 6 heteroatoms. The fourth-order valence-corrected chi connectivity index (χ4v) is 1.13. The number of aliphatic hydroxyl groups is 1. The number of urea groups is 1. The third-order valence-corrected chi connectivity index (χ3v) is 2.16. The number of amides is 2. The van der Waals surface area contributed by atoms with Crippen LogP contribution in [0.3, 0.4) is 0 Å². The van der Waals surface area contributed by atoms with E-state index < -0.39 is 18.0 Å². The quantitative estimate of drug-likeness (QED) is 0.606. The van der Waals surface area contributed by atoms with Gasteiger partial charge in [0.1, 0.15) is 0 Å². The predicted octanol–water partition coefficient (Wildman–Crippen LogP) is 0.119. The monoisotopic (exact) mass is 232 g/mol. The summed E-state index contributed by atoms with van der Waals surface area (Å²) in [5, 5.41) is 20.3. The first kappa shape index (κ1) is 14.7. The van der Waals surface area contributed by atoms with Gasteiger partial charge < -0.3 is 20.4 Å². The Morgan fingerprint density at radius 1 is 1.38 bits per heavy atom. The van der Waals surface area contributed by atoms with Gasteiger partial charge in [-0.05, 0) is 13.3 Å². The molecule has 0 heterocycles. The van der Waals surface area contributed by atoms with Gasteiger partial charge in [0.25, 0.3) is 0 Å². The first-order valence-electron chi connectivity index (χ1n) is 5.24. The highest BCUT2D eigenvalue weighted by molar-refractivity contribution is 5.74. The molecule has 0 fully saturated rings. The maximum absolute atomic E-state index is 11.4. The van der Waals surface area contributed by atoms with E-state index in [1.165, 1.54) is 4.90 Å². The maximum atomic E-state index is 11.4. The second-order valence-electron chi connectivity index (χ2n) is 3.99. The van der Waals surface area contributed by atoms with Gasteiger partial charge in [-0.2, -0.15) is 0 Å². The van der Waals surface area contributed by atoms with Crippen LogP contribution in [-0.4, -0.2) is 53.4 Å². The van der Waals surface area contributed by atoms with E-state index in [9.17, 15) is 9.59 Å². The topological polar surface area (TPSA) is 89.9 Å². The van der Waals surface area contributed by atoms with Gasteiger partial charge >= 0.3 is 12.0 Å². The standard InChI is InChI=1S/C10H20N2O4/c1-7(9(14)15)4-5-11-10(16)12(3)6-8(2)13/h7-8,13H,4-6H2,1-3H3,(H,11,16)(H,14,15). The van der Waals surface area contributed by atoms with Crippen LogP contribution in [0.25, 0.3) is 0 Å². The largest absolute Gasteiger partial charge is 0.481 e. The molecule has 0 saturated carbocycles. The van der Waals surface area contributed by atoms with E-state index in [1.807, 2.05) is 0 Å². The van der Waals surface area contributed by atoms with Crippen LogP contribution < -0.4 is 5.32 Å². The number of carbonyl (C=O) groups is 2. The van der Waals surface area contributed by atoms with E-state index in [-0.39, 0.29) is 12.6 Å². The van der Waals surface area contributed by atoms with Gasteiger partial charge in [-0.1, -0.05) is 6.92 Å². The number of carboxylic acid groups (broad SMARTS) is 1. The molecule has 0 aromatic rings. The van der Waals surface area contributed by atoms with Crippen molar-refractivity contribution in [1.82, 2.24) is 10.2 Å². The molecule has 0 saturated heterocycles. The lowest BCUT2D eigenvalue weighted by Crippen LogP contribution is -2.41. The molecule has 2 atom stereocenters. The fraction of sp³-hybridized carbons (Fsp3) is 0.800. The molecule has 0 aliphatic rings. The number of nitrogens with zero attached hydrogens (tertiary/aromatic N) is 1. The van der Waals surface area contributed by atoms with E-state index in [0.29, 0.717) is 13.0 Å². The Bertz CT molecular complexity index is 243. The molecule has 0 aromatic heterocycles. The van der Waals surface area contributed by atoms with Crippen molar-refractivity contribution < 1.29 is 19.8 Å². The highest BCUT2D eigenvalue weighted by atomic mass is 16.4. The minimum atomic E-state index is -0.869. The zero-order valence-corrected chi connectivity index (χ0v) is 9.93. The highest BCUT2D eigenvalue weighted by Gasteiger charge is 2.13. The van der Waals surface area contributed by atoms with Crippen LogP contribution >= 0.6 is 0 Å². The number of rotatable bonds is 6. The minimum Gasteiger partial charge on any atom is -0.481 e. The maximum Gasteiger partial charge on any atom is 0.317 e. The average molecular weight is 232 g/mol. The molecule has 0 aliphatic carbocycles. The molecule has 0 aliphatic heterocycles. The van der Waals surface area contributed by atoms with Gasteiger partial charge in [0.15, 0.2) is 0 Å². The van der Waals surface area contributed by atoms with Gasteiger partial charge in [-0.3, -0.25) is 4.79 Å². The first-order chi connectivity index (χ1) is 7.34. The summed E-state index contributed by atoms with van der Waals surface area (Å²) in [7, 11) is 1.57. The molecule has 0 spiro atoms. The Morgan fingerprint density at radius 2 is 1.94 bits per heavy atom. The smallest absolute Gasteiger partial charge is 0.317 e. The summed E-state index contributed by atoms with van der Waals surface area (Å²) in [5.41, 5.74) is 0. The van der Waals surface area contributed by atoms with Crippen LogP contribution in [0.5, 0.6) is 0 Å². The zero-order valence-electron chi connectivity index (χ0n) is 9.93. The van der Waals surface area contributed by atoms with Gasteiger partial charge in [-0.15, -0.1) is 0 Å². The second-order valence-corrected chi connectivity index (χ2v) is 3.99. The lowest BCUT2D eigenvalue weighted by atomic mass is 10.1. The Morgan fingerprint density at radius 3 is 2.38 bits per heavy atom. The van der Waals surface area contributed by atoms with Crippen LogP contribution in [0.2, 0.25) is 0 Å². The molecular weight excluding hydrogens is 212 g/mol. The molecular formula is C10H20N2O4. The Hall–Kier alpha value is -1.30. The number of hydrogen-bond donors (Lipinski definition) is 3. The Balaban J connectivity index is 3.77. The lowest BCUT2D eigenvalue weighted by molar-refractivity contribution is -0.141. The van der Waals surface area contributed by atoms with Gasteiger partial charge in [-0.25, -0.2) is 4.79 Å². The summed E-state index contributed by atoms with van der Waals surface area (Å²) in [5.74, 6) is -1.34. The van der Waals surface area contributed by atoms with Gasteiger partial charge in [0.2, 0.25) is 0 Å². The molecule has 94 valence electrons. The van der Waals surface area contributed by atoms with Gasteiger partial charge in [0, 0.05) is 20.1 Å². The summed E-state index contributed by atoms with van der Waals surface area (Å²) in [6, 6.07) is -0.307. The lowest BCUT2D eigenvalue weighted by Gasteiger charge is -2.19. The second kappa shape index (κ2) is 7.05. The Labute approximate surface area is 95.2 Å². The van der Waals surface area contributed by atoms with Crippen molar-refractivity contribution >= 4 is 12.0 Å². The summed E-state index contributed by atoms with van der Waals surface area (Å²) in [6.07, 6.45) is -0.183. The SMILES string of the molecule is CC(O)CN(C)C(=O)NCCC(C)C(=O)O. The van der Waals surface area contributed by atoms with Crippen LogP contribution in [-0.2, 0) is 4.79 Å². The van der Waals surface area contributed by atoms with Crippen molar-refractivity contribution in [1.29, 1.82) is 0 Å². The van der Waals surface area contributed by atoms with E-state index in [4.69, 9.17) is 10.2 Å². The van der Waals surface area contributed by atoms with Crippen LogP contribution in [0.4, 0.5) is 4.79 Å². The number of likely N-dealkylation sites (N-methyl/N-ethyl adjacent to an activating group) is 1. The van der Waals surface area contributed by atoms with Crippen molar-refractivity contribution in [2.45, 2.75) is 26.4 Å². The molecule has 2 amide bonds. The van der Waals surface area contributed by atoms with E-state index >= 15 is 0 Å². The third kappa shape index (κ3) is 6.23. The van der Waals surface area contributed by atoms with Crippen molar-refractivity contribution in [2.24, 2.45) is 5.92 Å². The molecule has 0 bridgehead atoms. The number of hydrogen-bond acceptors (Lipinski definition) is 3. The molecule has 3 N–H and O–H groups in total. The van der Waals surface area contributed by atoms with Crippen LogP contribution in [0.15, 0.2) is 0 Å². The van der Waals surface area contributed by atoms with Crippen molar-refractivity contribution in [2.75, 3.05) is 20.1 Å². The summed E-state index contributed by atoms with van der Waals surface area (Å²) >= 11 is 0. The number of carboxylic acids is 1. The molecule has 6 nitrogen and oxygen atoms in total. The predicted molar refractivity (Wildman–Crippen MR) is 59.1 cm³/mol. The third-order valence-electron chi connectivity index (χ3n) is 2.16. The average Bonchev–Trinajstić information content (AvgIpc) is 2.15. The summed E-state index contributed by atoms with van der Waals surface area (Å²) in [4.78, 5) is 23.2. The van der Waals surface area contributed by atoms with Crippen molar-refractivity contribution in [3.63, 3.8) is 0 Å². The first-order valence-corrected chi connectivity index (χ1v) is 5.24. The van der Waals surface area contributed by atoms with E-state index in [2.05, 4.69) is 5.32 Å². The normalized spacial score (nSPS) is 14.0. The number of carbonyl (C=O) groups excluding carboxylic acids is 1. The van der Waals surface area contributed by atoms with Crippen LogP contribution in [0, 0.1) is 5.92 Å². The number of aliphatic hydroxyl groups excluding tert-OH is 1. The van der Waals surface area contributed by atoms with Crippen LogP contribution in [0.1, 0.15) is 20.3 Å². The highest BCUT2D eigenvalue weighted by Crippen LogP contribution is 1.99. The molecule has 2 unspecified atom stereocenters. The van der Waals surface area contributed by atoms with Crippen molar-refractivity contribution in [3.8, 4) is 0 Å². The summed E-state index contributed by atoms with van der Waals surface area (Å²) < 4.78 is 0. The molecule has 16 heavy (non-hydrogen) atoms. The van der Waals surface area contributed by atoms with E-state index in [0.717, 1.165) is 0 Å². The minimum absolute atomic E-state index is 0.250. The van der Waals surface area contributed by atoms with Gasteiger partial charge in [0.05, 0.1) is 12.0 Å². The number of nitrogens with one attached hydrogen (secondary N) is 1. The fourth-order valence-electron chi connectivity index (χ4n) is 1.13.